The highest BCUT2D eigenvalue weighted by atomic mass is 28.4. The number of benzene rings is 1. The average Bonchev–Trinajstić information content (AvgIpc) is 3.53. The number of imidazole rings is 1. The van der Waals surface area contributed by atoms with E-state index < -0.39 is 13.9 Å². The summed E-state index contributed by atoms with van der Waals surface area (Å²) in [5.41, 5.74) is 1.86. The van der Waals surface area contributed by atoms with Gasteiger partial charge in [0, 0.05) is 6.21 Å². The minimum atomic E-state index is -2.48. The van der Waals surface area contributed by atoms with Gasteiger partial charge in [-0.25, -0.2) is 9.98 Å². The maximum atomic E-state index is 11.2. The Kier molecular flexibility index (Phi) is 6.71. The lowest BCUT2D eigenvalue weighted by Gasteiger charge is -2.37. The van der Waals surface area contributed by atoms with Crippen molar-refractivity contribution in [3.8, 4) is 5.88 Å². The molecule has 9 nitrogen and oxygen atoms in total. The molecule has 1 saturated carbocycles. The van der Waals surface area contributed by atoms with Crippen LogP contribution in [0.1, 0.15) is 45.2 Å². The Morgan fingerprint density at radius 3 is 2.69 bits per heavy atom. The number of aromatic nitrogens is 4. The first-order valence-corrected chi connectivity index (χ1v) is 15.7. The van der Waals surface area contributed by atoms with E-state index in [2.05, 4.69) is 21.5 Å². The van der Waals surface area contributed by atoms with E-state index in [-0.39, 0.29) is 23.8 Å². The van der Waals surface area contributed by atoms with Crippen LogP contribution in [0, 0.1) is 5.92 Å². The molecule has 1 aliphatic carbocycles. The summed E-state index contributed by atoms with van der Waals surface area (Å²) >= 11 is 0. The van der Waals surface area contributed by atoms with Crippen LogP contribution in [0.2, 0.25) is 18.6 Å². The van der Waals surface area contributed by atoms with Crippen LogP contribution in [0.15, 0.2) is 41.7 Å². The van der Waals surface area contributed by atoms with Crippen LogP contribution >= 0.6 is 0 Å². The Bertz CT molecular complexity index is 1240. The van der Waals surface area contributed by atoms with Gasteiger partial charge in [0.05, 0.1) is 19.0 Å². The lowest BCUT2D eigenvalue weighted by molar-refractivity contribution is -0.105. The number of aliphatic imine (C=N–C) groups is 1. The van der Waals surface area contributed by atoms with Crippen LogP contribution in [-0.2, 0) is 16.1 Å². The summed E-state index contributed by atoms with van der Waals surface area (Å²) in [5, 5.41) is 0. The molecule has 36 heavy (non-hydrogen) atoms. The standard InChI is InChI=1S/C26H35N5O4Si/c1-6-19-20(36(4,5)32)13-21(26(19)15-34-17(3)35-26)31-16-28-22-23(31)29-25(27-7-2)30-24(22)33-14-18-11-9-8-10-12-18/h7-12,16-17,19-21,32H,6,13-15H2,1-5H3/b27-7+/t17?,19-,20+,21+,26+/m1/s1. The molecule has 3 aromatic rings. The van der Waals surface area contributed by atoms with E-state index in [4.69, 9.17) is 24.2 Å². The van der Waals surface area contributed by atoms with Gasteiger partial charge in [-0.2, -0.15) is 9.97 Å². The van der Waals surface area contributed by atoms with Gasteiger partial charge in [0.1, 0.15) is 12.2 Å². The molecule has 1 spiro atoms. The number of hydrogen-bond donors (Lipinski definition) is 1. The quantitative estimate of drug-likeness (QED) is 0.360. The molecule has 0 bridgehead atoms. The second-order valence-electron chi connectivity index (χ2n) is 10.3. The molecule has 0 radical (unpaired) electrons. The molecule has 192 valence electrons. The molecule has 5 atom stereocenters. The van der Waals surface area contributed by atoms with Crippen LogP contribution in [0.5, 0.6) is 5.88 Å². The molecule has 5 rings (SSSR count). The lowest BCUT2D eigenvalue weighted by atomic mass is 9.86. The minimum Gasteiger partial charge on any atom is -0.471 e. The monoisotopic (exact) mass is 509 g/mol. The molecule has 1 aliphatic heterocycles. The Morgan fingerprint density at radius 2 is 2.06 bits per heavy atom. The van der Waals surface area contributed by atoms with Gasteiger partial charge in [-0.1, -0.05) is 43.7 Å². The van der Waals surface area contributed by atoms with Gasteiger partial charge in [0.15, 0.2) is 25.8 Å². The van der Waals surface area contributed by atoms with E-state index in [1.807, 2.05) is 57.3 Å². The first kappa shape index (κ1) is 25.0. The van der Waals surface area contributed by atoms with Crippen molar-refractivity contribution in [2.75, 3.05) is 6.61 Å². The maximum absolute atomic E-state index is 11.2. The van der Waals surface area contributed by atoms with Crippen molar-refractivity contribution in [2.24, 2.45) is 10.9 Å². The summed E-state index contributed by atoms with van der Waals surface area (Å²) in [6.07, 6.45) is 4.82. The first-order chi connectivity index (χ1) is 17.3. The van der Waals surface area contributed by atoms with E-state index in [9.17, 15) is 4.80 Å². The molecule has 2 fully saturated rings. The molecule has 1 aromatic carbocycles. The maximum Gasteiger partial charge on any atom is 0.254 e. The second kappa shape index (κ2) is 9.66. The number of hydrogen-bond acceptors (Lipinski definition) is 8. The van der Waals surface area contributed by atoms with Crippen molar-refractivity contribution in [2.45, 2.75) is 76.8 Å². The Morgan fingerprint density at radius 1 is 1.28 bits per heavy atom. The molecule has 1 saturated heterocycles. The summed E-state index contributed by atoms with van der Waals surface area (Å²) in [6.45, 7) is 10.8. The highest BCUT2D eigenvalue weighted by molar-refractivity contribution is 6.71. The molecule has 1 N–H and O–H groups in total. The van der Waals surface area contributed by atoms with Gasteiger partial charge >= 0.3 is 0 Å². The zero-order valence-corrected chi connectivity index (χ0v) is 22.6. The number of ether oxygens (including phenoxy) is 3. The zero-order valence-electron chi connectivity index (χ0n) is 21.6. The van der Waals surface area contributed by atoms with Crippen LogP contribution < -0.4 is 4.74 Å². The summed E-state index contributed by atoms with van der Waals surface area (Å²) < 4.78 is 20.8. The van der Waals surface area contributed by atoms with Gasteiger partial charge in [0.25, 0.3) is 5.95 Å². The van der Waals surface area contributed by atoms with E-state index in [0.717, 1.165) is 18.4 Å². The van der Waals surface area contributed by atoms with Crippen molar-refractivity contribution in [1.82, 2.24) is 19.5 Å². The number of rotatable bonds is 7. The van der Waals surface area contributed by atoms with Gasteiger partial charge in [0.2, 0.25) is 5.88 Å². The highest BCUT2D eigenvalue weighted by Crippen LogP contribution is 2.59. The van der Waals surface area contributed by atoms with Crippen molar-refractivity contribution in [1.29, 1.82) is 0 Å². The molecule has 10 heteroatoms. The molecular formula is C26H35N5O4Si. The SMILES string of the molecule is C/C=N/c1nc(OCc2ccccc2)c2ncn([C@H]3C[C@H]([Si](C)(C)O)[C@@H](CC)[C@@]34COC(C)O4)c2n1. The normalized spacial score (nSPS) is 28.6. The molecule has 0 amide bonds. The smallest absolute Gasteiger partial charge is 0.254 e. The Balaban J connectivity index is 1.60. The summed E-state index contributed by atoms with van der Waals surface area (Å²) in [7, 11) is -2.48. The van der Waals surface area contributed by atoms with Gasteiger partial charge < -0.3 is 23.6 Å². The van der Waals surface area contributed by atoms with E-state index in [1.165, 1.54) is 0 Å². The second-order valence-corrected chi connectivity index (χ2v) is 14.3. The topological polar surface area (TPSA) is 104 Å². The lowest BCUT2D eigenvalue weighted by Crippen LogP contribution is -2.46. The first-order valence-electron chi connectivity index (χ1n) is 12.7. The summed E-state index contributed by atoms with van der Waals surface area (Å²) in [5.74, 6) is 0.882. The number of nitrogens with zero attached hydrogens (tertiary/aromatic N) is 5. The molecule has 3 heterocycles. The third-order valence-corrected chi connectivity index (χ3v) is 10.1. The third-order valence-electron chi connectivity index (χ3n) is 7.61. The molecule has 2 aliphatic rings. The van der Waals surface area contributed by atoms with Crippen LogP contribution in [-0.4, -0.2) is 57.3 Å². The summed E-state index contributed by atoms with van der Waals surface area (Å²) in [4.78, 5) is 29.6. The Hall–Kier alpha value is -2.66. The minimum absolute atomic E-state index is 0.100. The average molecular weight is 510 g/mol. The molecule has 2 aromatic heterocycles. The van der Waals surface area contributed by atoms with Crippen molar-refractivity contribution in [3.63, 3.8) is 0 Å². The predicted molar refractivity (Wildman–Crippen MR) is 140 cm³/mol. The third kappa shape index (κ3) is 4.36. The van der Waals surface area contributed by atoms with Gasteiger partial charge in [-0.3, -0.25) is 0 Å². The zero-order chi connectivity index (χ0) is 25.5. The summed E-state index contributed by atoms with van der Waals surface area (Å²) in [6, 6.07) is 9.85. The highest BCUT2D eigenvalue weighted by Gasteiger charge is 2.62. The molecule has 1 unspecified atom stereocenters. The van der Waals surface area contributed by atoms with E-state index in [0.29, 0.717) is 36.2 Å². The predicted octanol–water partition coefficient (Wildman–Crippen LogP) is 4.80. The Labute approximate surface area is 212 Å². The van der Waals surface area contributed by atoms with Gasteiger partial charge in [-0.05, 0) is 50.4 Å². The van der Waals surface area contributed by atoms with E-state index in [1.54, 1.807) is 12.5 Å². The van der Waals surface area contributed by atoms with Crippen LogP contribution in [0.3, 0.4) is 0 Å². The van der Waals surface area contributed by atoms with E-state index >= 15 is 0 Å². The van der Waals surface area contributed by atoms with Crippen molar-refractivity contribution in [3.05, 3.63) is 42.2 Å². The molecular weight excluding hydrogens is 474 g/mol. The fraction of sp³-hybridized carbons (Fsp3) is 0.538. The number of fused-ring (bicyclic) bond motifs is 1. The fourth-order valence-corrected chi connectivity index (χ4v) is 8.36. The van der Waals surface area contributed by atoms with Crippen molar-refractivity contribution < 1.29 is 19.0 Å². The fourth-order valence-electron chi connectivity index (χ4n) is 6.05. The largest absolute Gasteiger partial charge is 0.471 e. The van der Waals surface area contributed by atoms with Gasteiger partial charge in [-0.15, -0.1) is 0 Å². The van der Waals surface area contributed by atoms with Crippen LogP contribution in [0.4, 0.5) is 5.95 Å². The van der Waals surface area contributed by atoms with Crippen LogP contribution in [0.25, 0.3) is 11.2 Å². The van der Waals surface area contributed by atoms with Crippen molar-refractivity contribution >= 4 is 31.6 Å².